The second kappa shape index (κ2) is 5.97. The van der Waals surface area contributed by atoms with E-state index >= 15 is 0 Å². The van der Waals surface area contributed by atoms with Gasteiger partial charge in [0.05, 0.1) is 6.54 Å². The number of hydrogen-bond acceptors (Lipinski definition) is 1. The molecule has 1 heterocycles. The van der Waals surface area contributed by atoms with Crippen molar-refractivity contribution in [3.63, 3.8) is 0 Å². The van der Waals surface area contributed by atoms with E-state index in [1.54, 1.807) is 4.57 Å². The third kappa shape index (κ3) is 3.01. The molecule has 0 fully saturated rings. The Morgan fingerprint density at radius 2 is 1.89 bits per heavy atom. The van der Waals surface area contributed by atoms with E-state index in [1.807, 2.05) is 25.5 Å². The van der Waals surface area contributed by atoms with Crippen LogP contribution in [0.1, 0.15) is 30.5 Å². The summed E-state index contributed by atoms with van der Waals surface area (Å²) in [5, 5.41) is 3.21. The Morgan fingerprint density at radius 1 is 1.21 bits per heavy atom. The number of nitrogens with zero attached hydrogens (tertiary/aromatic N) is 1. The standard InChI is InChI=1S/C15H18F2N2/c1-3-15(18-2)11-7-8-19(9-11)10-12-13(16)5-4-6-14(12)17/h4-9,15,18H,3,10H2,1-2H3. The zero-order chi connectivity index (χ0) is 13.8. The van der Waals surface area contributed by atoms with E-state index < -0.39 is 11.6 Å². The summed E-state index contributed by atoms with van der Waals surface area (Å²) in [7, 11) is 1.90. The zero-order valence-corrected chi connectivity index (χ0v) is 11.2. The van der Waals surface area contributed by atoms with E-state index in [2.05, 4.69) is 12.2 Å². The van der Waals surface area contributed by atoms with Crippen LogP contribution >= 0.6 is 0 Å². The van der Waals surface area contributed by atoms with E-state index in [0.717, 1.165) is 12.0 Å². The molecular formula is C15H18F2N2. The van der Waals surface area contributed by atoms with Gasteiger partial charge in [-0.25, -0.2) is 8.78 Å². The summed E-state index contributed by atoms with van der Waals surface area (Å²) in [5.74, 6) is -1.01. The van der Waals surface area contributed by atoms with Gasteiger partial charge in [0.15, 0.2) is 0 Å². The van der Waals surface area contributed by atoms with Crippen molar-refractivity contribution in [3.05, 3.63) is 59.4 Å². The van der Waals surface area contributed by atoms with Gasteiger partial charge < -0.3 is 9.88 Å². The highest BCUT2D eigenvalue weighted by molar-refractivity contribution is 5.22. The maximum absolute atomic E-state index is 13.6. The van der Waals surface area contributed by atoms with Crippen LogP contribution in [-0.2, 0) is 6.54 Å². The van der Waals surface area contributed by atoms with E-state index in [-0.39, 0.29) is 18.2 Å². The zero-order valence-electron chi connectivity index (χ0n) is 11.2. The summed E-state index contributed by atoms with van der Waals surface area (Å²) < 4.78 is 28.9. The smallest absolute Gasteiger partial charge is 0.131 e. The summed E-state index contributed by atoms with van der Waals surface area (Å²) in [6.45, 7) is 2.30. The van der Waals surface area contributed by atoms with Crippen LogP contribution in [0.2, 0.25) is 0 Å². The van der Waals surface area contributed by atoms with Gasteiger partial charge in [-0.2, -0.15) is 0 Å². The van der Waals surface area contributed by atoms with Gasteiger partial charge in [-0.05, 0) is 37.2 Å². The van der Waals surface area contributed by atoms with Crippen molar-refractivity contribution in [2.45, 2.75) is 25.9 Å². The average molecular weight is 264 g/mol. The minimum atomic E-state index is -0.504. The molecule has 102 valence electrons. The molecule has 2 rings (SSSR count). The van der Waals surface area contributed by atoms with Gasteiger partial charge in [0, 0.05) is 24.0 Å². The Kier molecular flexibility index (Phi) is 4.32. The number of rotatable bonds is 5. The topological polar surface area (TPSA) is 17.0 Å². The molecule has 19 heavy (non-hydrogen) atoms. The fourth-order valence-electron chi connectivity index (χ4n) is 2.24. The SMILES string of the molecule is CCC(NC)c1ccn(Cc2c(F)cccc2F)c1. The number of hydrogen-bond donors (Lipinski definition) is 1. The molecule has 0 aliphatic rings. The minimum Gasteiger partial charge on any atom is -0.349 e. The van der Waals surface area contributed by atoms with Crippen LogP contribution in [-0.4, -0.2) is 11.6 Å². The molecule has 1 atom stereocenters. The summed E-state index contributed by atoms with van der Waals surface area (Å²) in [4.78, 5) is 0. The van der Waals surface area contributed by atoms with Crippen LogP contribution in [0.25, 0.3) is 0 Å². The average Bonchev–Trinajstić information content (AvgIpc) is 2.84. The highest BCUT2D eigenvalue weighted by atomic mass is 19.1. The summed E-state index contributed by atoms with van der Waals surface area (Å²) in [5.41, 5.74) is 1.23. The fraction of sp³-hybridized carbons (Fsp3) is 0.333. The Labute approximate surface area is 112 Å². The summed E-state index contributed by atoms with van der Waals surface area (Å²) in [6.07, 6.45) is 4.74. The van der Waals surface area contributed by atoms with Gasteiger partial charge in [0.1, 0.15) is 11.6 Å². The van der Waals surface area contributed by atoms with Crippen LogP contribution in [0.3, 0.4) is 0 Å². The molecule has 1 unspecified atom stereocenters. The molecule has 1 aromatic heterocycles. The molecule has 0 bridgehead atoms. The molecule has 1 aromatic carbocycles. The minimum absolute atomic E-state index is 0.0992. The van der Waals surface area contributed by atoms with E-state index in [0.29, 0.717) is 0 Å². The van der Waals surface area contributed by atoms with Crippen molar-refractivity contribution in [2.24, 2.45) is 0 Å². The third-order valence-electron chi connectivity index (χ3n) is 3.33. The number of benzene rings is 1. The molecule has 2 aromatic rings. The van der Waals surface area contributed by atoms with Crippen LogP contribution in [0.5, 0.6) is 0 Å². The third-order valence-corrected chi connectivity index (χ3v) is 3.33. The lowest BCUT2D eigenvalue weighted by Gasteiger charge is -2.11. The van der Waals surface area contributed by atoms with Crippen molar-refractivity contribution < 1.29 is 8.78 Å². The Hall–Kier alpha value is -1.68. The van der Waals surface area contributed by atoms with Gasteiger partial charge >= 0.3 is 0 Å². The lowest BCUT2D eigenvalue weighted by molar-refractivity contribution is 0.543. The monoisotopic (exact) mass is 264 g/mol. The maximum atomic E-state index is 13.6. The normalized spacial score (nSPS) is 12.6. The van der Waals surface area contributed by atoms with Gasteiger partial charge in [-0.15, -0.1) is 0 Å². The van der Waals surface area contributed by atoms with E-state index in [4.69, 9.17) is 0 Å². The van der Waals surface area contributed by atoms with Crippen LogP contribution < -0.4 is 5.32 Å². The van der Waals surface area contributed by atoms with Crippen LogP contribution in [0.15, 0.2) is 36.7 Å². The summed E-state index contributed by atoms with van der Waals surface area (Å²) in [6, 6.07) is 6.19. The second-order valence-corrected chi connectivity index (χ2v) is 4.57. The molecular weight excluding hydrogens is 246 g/mol. The first kappa shape index (κ1) is 13.7. The van der Waals surface area contributed by atoms with Crippen molar-refractivity contribution in [2.75, 3.05) is 7.05 Å². The highest BCUT2D eigenvalue weighted by Gasteiger charge is 2.11. The first-order valence-corrected chi connectivity index (χ1v) is 6.41. The van der Waals surface area contributed by atoms with Gasteiger partial charge in [-0.1, -0.05) is 13.0 Å². The number of nitrogens with one attached hydrogen (secondary N) is 1. The van der Waals surface area contributed by atoms with Crippen molar-refractivity contribution in [1.82, 2.24) is 9.88 Å². The number of halogens is 2. The summed E-state index contributed by atoms with van der Waals surface area (Å²) >= 11 is 0. The molecule has 0 saturated heterocycles. The predicted molar refractivity (Wildman–Crippen MR) is 72.0 cm³/mol. The largest absolute Gasteiger partial charge is 0.349 e. The van der Waals surface area contributed by atoms with Crippen molar-refractivity contribution in [1.29, 1.82) is 0 Å². The first-order valence-electron chi connectivity index (χ1n) is 6.41. The fourth-order valence-corrected chi connectivity index (χ4v) is 2.24. The molecule has 0 aliphatic heterocycles. The molecule has 4 heteroatoms. The lowest BCUT2D eigenvalue weighted by Crippen LogP contribution is -2.14. The Bertz CT molecular complexity index is 525. The molecule has 0 aliphatic carbocycles. The second-order valence-electron chi connectivity index (χ2n) is 4.57. The molecule has 2 nitrogen and oxygen atoms in total. The number of aromatic nitrogens is 1. The van der Waals surface area contributed by atoms with Gasteiger partial charge in [0.2, 0.25) is 0 Å². The van der Waals surface area contributed by atoms with Crippen LogP contribution in [0.4, 0.5) is 8.78 Å². The van der Waals surface area contributed by atoms with E-state index in [9.17, 15) is 8.78 Å². The quantitative estimate of drug-likeness (QED) is 0.874. The lowest BCUT2D eigenvalue weighted by atomic mass is 10.1. The first-order chi connectivity index (χ1) is 9.15. The molecule has 0 spiro atoms. The molecule has 0 saturated carbocycles. The Balaban J connectivity index is 2.20. The Morgan fingerprint density at radius 3 is 2.47 bits per heavy atom. The van der Waals surface area contributed by atoms with E-state index in [1.165, 1.54) is 18.2 Å². The van der Waals surface area contributed by atoms with Gasteiger partial charge in [-0.3, -0.25) is 0 Å². The molecule has 0 amide bonds. The molecule has 1 N–H and O–H groups in total. The molecule has 0 radical (unpaired) electrons. The predicted octanol–water partition coefficient (Wildman–Crippen LogP) is 3.49. The van der Waals surface area contributed by atoms with Crippen molar-refractivity contribution >= 4 is 0 Å². The van der Waals surface area contributed by atoms with Gasteiger partial charge in [0.25, 0.3) is 0 Å². The van der Waals surface area contributed by atoms with Crippen molar-refractivity contribution in [3.8, 4) is 0 Å². The maximum Gasteiger partial charge on any atom is 0.131 e. The highest BCUT2D eigenvalue weighted by Crippen LogP contribution is 2.19. The van der Waals surface area contributed by atoms with Crippen LogP contribution in [0, 0.1) is 11.6 Å².